The number of nitrogens with zero attached hydrogens (tertiary/aromatic N) is 1. The summed E-state index contributed by atoms with van der Waals surface area (Å²) in [4.78, 5) is 11.8. The number of nitrogens with two attached hydrogens (primary N) is 1. The van der Waals surface area contributed by atoms with Crippen molar-refractivity contribution in [2.75, 3.05) is 0 Å². The van der Waals surface area contributed by atoms with E-state index in [0.29, 0.717) is 12.1 Å². The van der Waals surface area contributed by atoms with Gasteiger partial charge in [-0.2, -0.15) is 13.2 Å². The van der Waals surface area contributed by atoms with Gasteiger partial charge in [-0.1, -0.05) is 6.07 Å². The van der Waals surface area contributed by atoms with Crippen LogP contribution in [0.1, 0.15) is 21.5 Å². The van der Waals surface area contributed by atoms with Gasteiger partial charge in [0.05, 0.1) is 23.1 Å². The summed E-state index contributed by atoms with van der Waals surface area (Å²) >= 11 is 0. The number of amides is 1. The molecule has 1 amide bonds. The van der Waals surface area contributed by atoms with Crippen LogP contribution < -0.4 is 5.73 Å². The number of fused-ring (bicyclic) bond motifs is 3. The zero-order valence-electron chi connectivity index (χ0n) is 15.6. The number of benzene rings is 3. The zero-order valence-corrected chi connectivity index (χ0v) is 15.6. The van der Waals surface area contributed by atoms with E-state index in [2.05, 4.69) is 6.07 Å². The first-order valence-electron chi connectivity index (χ1n) is 8.77. The average molecular weight is 457 g/mol. The van der Waals surface area contributed by atoms with Gasteiger partial charge in [-0.25, -0.2) is 22.0 Å². The standard InChI is InChI=1S/C21H9F8N2O/c22-15-11(16(23)18(25)19(26)17(15)24)7-31-12-3-1-2-10(20(30)32)14(12)9-5-4-8(6-13(9)31)21(27,28)29/h1-4,6H,7H2,(H2,30,32). The monoisotopic (exact) mass is 457 g/mol. The Hall–Kier alpha value is -3.63. The molecule has 0 aliphatic heterocycles. The van der Waals surface area contributed by atoms with Crippen LogP contribution in [0, 0.1) is 35.2 Å². The first-order chi connectivity index (χ1) is 14.9. The highest BCUT2D eigenvalue weighted by atomic mass is 19.4. The molecule has 32 heavy (non-hydrogen) atoms. The minimum Gasteiger partial charge on any atom is -0.366 e. The molecule has 0 spiro atoms. The van der Waals surface area contributed by atoms with Gasteiger partial charge in [0.1, 0.15) is 0 Å². The smallest absolute Gasteiger partial charge is 0.366 e. The van der Waals surface area contributed by atoms with Gasteiger partial charge in [0.2, 0.25) is 11.7 Å². The van der Waals surface area contributed by atoms with Gasteiger partial charge in [0, 0.05) is 21.9 Å². The van der Waals surface area contributed by atoms with E-state index in [-0.39, 0.29) is 27.4 Å². The van der Waals surface area contributed by atoms with E-state index >= 15 is 0 Å². The molecule has 1 radical (unpaired) electrons. The first kappa shape index (κ1) is 21.6. The van der Waals surface area contributed by atoms with E-state index < -0.39 is 58.8 Å². The average Bonchev–Trinajstić information content (AvgIpc) is 3.06. The Morgan fingerprint density at radius 2 is 1.53 bits per heavy atom. The number of carbonyl (C=O) groups excluding carboxylic acids is 1. The molecular formula is C21H9F8N2O. The van der Waals surface area contributed by atoms with E-state index in [9.17, 15) is 39.9 Å². The second-order valence-corrected chi connectivity index (χ2v) is 6.84. The van der Waals surface area contributed by atoms with Crippen molar-refractivity contribution in [2.24, 2.45) is 5.73 Å². The van der Waals surface area contributed by atoms with Gasteiger partial charge < -0.3 is 10.3 Å². The summed E-state index contributed by atoms with van der Waals surface area (Å²) in [5.74, 6) is -12.0. The Kier molecular flexibility index (Phi) is 4.87. The Balaban J connectivity index is 2.11. The van der Waals surface area contributed by atoms with Crippen molar-refractivity contribution in [1.29, 1.82) is 0 Å². The van der Waals surface area contributed by atoms with Crippen LogP contribution in [0.25, 0.3) is 21.8 Å². The Morgan fingerprint density at radius 1 is 0.938 bits per heavy atom. The van der Waals surface area contributed by atoms with Crippen molar-refractivity contribution in [3.8, 4) is 0 Å². The highest BCUT2D eigenvalue weighted by Gasteiger charge is 2.32. The largest absolute Gasteiger partial charge is 0.416 e. The fourth-order valence-electron chi connectivity index (χ4n) is 3.54. The molecule has 0 unspecified atom stereocenters. The minimum absolute atomic E-state index is 0.0178. The second kappa shape index (κ2) is 7.21. The molecule has 0 saturated heterocycles. The van der Waals surface area contributed by atoms with Gasteiger partial charge >= 0.3 is 6.18 Å². The molecule has 3 nitrogen and oxygen atoms in total. The van der Waals surface area contributed by atoms with Crippen molar-refractivity contribution in [1.82, 2.24) is 4.57 Å². The number of hydrogen-bond donors (Lipinski definition) is 1. The summed E-state index contributed by atoms with van der Waals surface area (Å²) < 4.78 is 110. The summed E-state index contributed by atoms with van der Waals surface area (Å²) in [5.41, 5.74) is 2.46. The summed E-state index contributed by atoms with van der Waals surface area (Å²) in [7, 11) is 0. The number of rotatable bonds is 3. The molecule has 11 heteroatoms. The molecule has 165 valence electrons. The molecule has 0 bridgehead atoms. The lowest BCUT2D eigenvalue weighted by Crippen LogP contribution is -2.12. The molecule has 0 fully saturated rings. The molecule has 1 heterocycles. The van der Waals surface area contributed by atoms with E-state index in [1.807, 2.05) is 0 Å². The number of carbonyl (C=O) groups is 1. The Morgan fingerprint density at radius 3 is 2.09 bits per heavy atom. The Labute approximate surface area is 173 Å². The Bertz CT molecular complexity index is 1390. The molecule has 0 aliphatic rings. The number of primary amides is 1. The van der Waals surface area contributed by atoms with Crippen LogP contribution in [0.15, 0.2) is 30.3 Å². The number of alkyl halides is 3. The fraction of sp³-hybridized carbons (Fsp3) is 0.0952. The van der Waals surface area contributed by atoms with Crippen LogP contribution in [-0.2, 0) is 12.7 Å². The van der Waals surface area contributed by atoms with E-state index in [1.54, 1.807) is 0 Å². The van der Waals surface area contributed by atoms with Gasteiger partial charge in [-0.3, -0.25) is 4.79 Å². The van der Waals surface area contributed by atoms with Crippen molar-refractivity contribution in [3.05, 3.63) is 82.2 Å². The predicted molar refractivity (Wildman–Crippen MR) is 97.1 cm³/mol. The zero-order chi connectivity index (χ0) is 23.5. The molecule has 4 rings (SSSR count). The predicted octanol–water partition coefficient (Wildman–Crippen LogP) is 5.46. The summed E-state index contributed by atoms with van der Waals surface area (Å²) in [6.45, 7) is -1.02. The van der Waals surface area contributed by atoms with Crippen LogP contribution in [-0.4, -0.2) is 10.5 Å². The van der Waals surface area contributed by atoms with Crippen LogP contribution in [0.3, 0.4) is 0 Å². The molecule has 4 aromatic rings. The summed E-state index contributed by atoms with van der Waals surface area (Å²) in [6, 6.07) is 7.51. The van der Waals surface area contributed by atoms with E-state index in [4.69, 9.17) is 5.73 Å². The van der Waals surface area contributed by atoms with Gasteiger partial charge in [-0.15, -0.1) is 0 Å². The number of aromatic nitrogens is 1. The maximum absolute atomic E-state index is 14.3. The molecule has 0 saturated carbocycles. The molecule has 0 atom stereocenters. The van der Waals surface area contributed by atoms with E-state index in [1.165, 1.54) is 18.2 Å². The van der Waals surface area contributed by atoms with Crippen molar-refractivity contribution in [3.63, 3.8) is 0 Å². The third-order valence-corrected chi connectivity index (χ3v) is 5.00. The van der Waals surface area contributed by atoms with Crippen LogP contribution in [0.4, 0.5) is 35.1 Å². The second-order valence-electron chi connectivity index (χ2n) is 6.84. The summed E-state index contributed by atoms with van der Waals surface area (Å²) in [5, 5.41) is -0.0288. The van der Waals surface area contributed by atoms with Crippen molar-refractivity contribution >= 4 is 27.7 Å². The van der Waals surface area contributed by atoms with E-state index in [0.717, 1.165) is 4.57 Å². The lowest BCUT2D eigenvalue weighted by atomic mass is 10.0. The number of hydrogen-bond acceptors (Lipinski definition) is 1. The van der Waals surface area contributed by atoms with Crippen LogP contribution >= 0.6 is 0 Å². The topological polar surface area (TPSA) is 48.0 Å². The number of halogens is 8. The van der Waals surface area contributed by atoms with Crippen molar-refractivity contribution < 1.29 is 39.9 Å². The lowest BCUT2D eigenvalue weighted by molar-refractivity contribution is -0.137. The SMILES string of the molecule is NC(=O)c1cccc2c1c1[c]cc(C(F)(F)F)cc1n2Cc1c(F)c(F)c(F)c(F)c1F. The molecular weight excluding hydrogens is 448 g/mol. The lowest BCUT2D eigenvalue weighted by Gasteiger charge is -2.12. The maximum Gasteiger partial charge on any atom is 0.416 e. The fourth-order valence-corrected chi connectivity index (χ4v) is 3.54. The normalized spacial score (nSPS) is 12.1. The third-order valence-electron chi connectivity index (χ3n) is 5.00. The highest BCUT2D eigenvalue weighted by molar-refractivity contribution is 6.17. The molecule has 3 aromatic carbocycles. The van der Waals surface area contributed by atoms with Gasteiger partial charge in [0.25, 0.3) is 0 Å². The maximum atomic E-state index is 14.3. The van der Waals surface area contributed by atoms with Gasteiger partial charge in [0.15, 0.2) is 23.3 Å². The first-order valence-corrected chi connectivity index (χ1v) is 8.77. The minimum atomic E-state index is -4.82. The van der Waals surface area contributed by atoms with Crippen LogP contribution in [0.2, 0.25) is 0 Å². The quantitative estimate of drug-likeness (QED) is 0.248. The summed E-state index contributed by atoms with van der Waals surface area (Å²) in [6.07, 6.45) is -4.82. The highest BCUT2D eigenvalue weighted by Crippen LogP contribution is 2.37. The van der Waals surface area contributed by atoms with Gasteiger partial charge in [-0.05, 0) is 30.3 Å². The molecule has 2 N–H and O–H groups in total. The molecule has 1 aromatic heterocycles. The molecule has 0 aliphatic carbocycles. The third kappa shape index (κ3) is 3.15. The van der Waals surface area contributed by atoms with Crippen LogP contribution in [0.5, 0.6) is 0 Å². The van der Waals surface area contributed by atoms with Crippen molar-refractivity contribution in [2.45, 2.75) is 12.7 Å².